The maximum atomic E-state index is 13.2. The maximum Gasteiger partial charge on any atom is 0.257 e. The van der Waals surface area contributed by atoms with E-state index in [1.165, 1.54) is 14.2 Å². The number of methoxy groups -OCH3 is 2. The molecule has 1 N–H and O–H groups in total. The molecule has 0 bridgehead atoms. The molecule has 3 aromatic rings. The van der Waals surface area contributed by atoms with Crippen LogP contribution in [0.3, 0.4) is 0 Å². The summed E-state index contributed by atoms with van der Waals surface area (Å²) in [5.41, 5.74) is 0.584. The molecule has 0 aliphatic carbocycles. The predicted molar refractivity (Wildman–Crippen MR) is 87.0 cm³/mol. The Morgan fingerprint density at radius 1 is 1.04 bits per heavy atom. The number of hydrogen-bond acceptors (Lipinski definition) is 5. The van der Waals surface area contributed by atoms with Crippen molar-refractivity contribution in [3.63, 3.8) is 0 Å². The van der Waals surface area contributed by atoms with E-state index < -0.39 is 17.5 Å². The molecule has 2 aromatic carbocycles. The van der Waals surface area contributed by atoms with E-state index in [-0.39, 0.29) is 10.6 Å². The number of ether oxygens (including phenoxy) is 2. The van der Waals surface area contributed by atoms with E-state index in [1.807, 2.05) is 0 Å². The summed E-state index contributed by atoms with van der Waals surface area (Å²) in [6.45, 7) is 0. The Labute approximate surface area is 139 Å². The molecule has 0 unspecified atom stereocenters. The van der Waals surface area contributed by atoms with Crippen molar-refractivity contribution in [1.82, 2.24) is 4.98 Å². The number of thiazole rings is 1. The van der Waals surface area contributed by atoms with Crippen LogP contribution in [0.15, 0.2) is 30.3 Å². The molecule has 0 fully saturated rings. The monoisotopic (exact) mass is 350 g/mol. The van der Waals surface area contributed by atoms with Crippen LogP contribution < -0.4 is 14.8 Å². The minimum absolute atomic E-state index is 0.238. The highest BCUT2D eigenvalue weighted by Gasteiger charge is 2.14. The number of halogens is 2. The Bertz CT molecular complexity index is 866. The van der Waals surface area contributed by atoms with E-state index in [0.29, 0.717) is 21.8 Å². The van der Waals surface area contributed by atoms with Gasteiger partial charge >= 0.3 is 0 Å². The van der Waals surface area contributed by atoms with Gasteiger partial charge in [-0.1, -0.05) is 11.3 Å². The highest BCUT2D eigenvalue weighted by atomic mass is 32.1. The van der Waals surface area contributed by atoms with Crippen LogP contribution in [0.5, 0.6) is 11.5 Å². The molecule has 0 radical (unpaired) electrons. The predicted octanol–water partition coefficient (Wildman–Crippen LogP) is 3.84. The van der Waals surface area contributed by atoms with Crippen LogP contribution in [0.4, 0.5) is 13.9 Å². The van der Waals surface area contributed by atoms with Crippen molar-refractivity contribution in [2.24, 2.45) is 0 Å². The molecule has 124 valence electrons. The Kier molecular flexibility index (Phi) is 4.30. The van der Waals surface area contributed by atoms with Crippen molar-refractivity contribution >= 4 is 32.6 Å². The normalized spacial score (nSPS) is 10.7. The van der Waals surface area contributed by atoms with Crippen LogP contribution in [-0.4, -0.2) is 25.1 Å². The molecular weight excluding hydrogens is 338 g/mol. The molecule has 1 amide bonds. The van der Waals surface area contributed by atoms with Crippen LogP contribution in [0.1, 0.15) is 10.4 Å². The molecule has 0 aliphatic heterocycles. The van der Waals surface area contributed by atoms with Crippen LogP contribution in [-0.2, 0) is 0 Å². The van der Waals surface area contributed by atoms with Crippen molar-refractivity contribution in [3.8, 4) is 11.5 Å². The molecule has 0 atom stereocenters. The van der Waals surface area contributed by atoms with Gasteiger partial charge in [0, 0.05) is 17.7 Å². The fraction of sp³-hybridized carbons (Fsp3) is 0.125. The topological polar surface area (TPSA) is 60.5 Å². The zero-order valence-corrected chi connectivity index (χ0v) is 13.5. The Morgan fingerprint density at radius 2 is 1.67 bits per heavy atom. The lowest BCUT2D eigenvalue weighted by Gasteiger charge is -2.07. The second-order valence-corrected chi connectivity index (χ2v) is 5.84. The second kappa shape index (κ2) is 6.40. The first kappa shape index (κ1) is 16.1. The lowest BCUT2D eigenvalue weighted by Crippen LogP contribution is -2.12. The largest absolute Gasteiger partial charge is 0.497 e. The zero-order chi connectivity index (χ0) is 17.3. The average Bonchev–Trinajstić information content (AvgIpc) is 2.95. The van der Waals surface area contributed by atoms with Crippen LogP contribution in [0.25, 0.3) is 10.2 Å². The fourth-order valence-corrected chi connectivity index (χ4v) is 2.95. The van der Waals surface area contributed by atoms with Gasteiger partial charge in [-0.05, 0) is 18.2 Å². The molecule has 0 saturated heterocycles. The summed E-state index contributed by atoms with van der Waals surface area (Å²) in [6, 6.07) is 6.77. The maximum absolute atomic E-state index is 13.2. The van der Waals surface area contributed by atoms with Gasteiger partial charge in [0.05, 0.1) is 24.4 Å². The lowest BCUT2D eigenvalue weighted by molar-refractivity contribution is 0.102. The number of carbonyl (C=O) groups excluding carboxylic acids is 1. The summed E-state index contributed by atoms with van der Waals surface area (Å²) in [5.74, 6) is -1.45. The van der Waals surface area contributed by atoms with Gasteiger partial charge in [-0.15, -0.1) is 0 Å². The third kappa shape index (κ3) is 3.13. The molecule has 0 saturated carbocycles. The summed E-state index contributed by atoms with van der Waals surface area (Å²) >= 11 is 1.05. The Morgan fingerprint density at radius 3 is 2.29 bits per heavy atom. The SMILES string of the molecule is COc1cc(OC)cc(C(=O)Nc2nc3cc(F)c(F)cc3s2)c1. The van der Waals surface area contributed by atoms with Gasteiger partial charge in [0.1, 0.15) is 11.5 Å². The number of amides is 1. The highest BCUT2D eigenvalue weighted by molar-refractivity contribution is 7.22. The molecule has 24 heavy (non-hydrogen) atoms. The van der Waals surface area contributed by atoms with Crippen molar-refractivity contribution in [1.29, 1.82) is 0 Å². The minimum Gasteiger partial charge on any atom is -0.497 e. The molecule has 1 aromatic heterocycles. The Hall–Kier alpha value is -2.74. The van der Waals surface area contributed by atoms with Crippen LogP contribution in [0, 0.1) is 11.6 Å². The number of carbonyl (C=O) groups is 1. The van der Waals surface area contributed by atoms with Crippen molar-refractivity contribution in [2.75, 3.05) is 19.5 Å². The number of fused-ring (bicyclic) bond motifs is 1. The van der Waals surface area contributed by atoms with E-state index in [4.69, 9.17) is 9.47 Å². The fourth-order valence-electron chi connectivity index (χ4n) is 2.08. The van der Waals surface area contributed by atoms with Crippen LogP contribution >= 0.6 is 11.3 Å². The van der Waals surface area contributed by atoms with Gasteiger partial charge in [-0.25, -0.2) is 13.8 Å². The quantitative estimate of drug-likeness (QED) is 0.777. The first-order valence-corrected chi connectivity index (χ1v) is 7.62. The standard InChI is InChI=1S/C16H12F2N2O3S/c1-22-9-3-8(4-10(5-9)23-2)15(21)20-16-19-13-6-11(17)12(18)7-14(13)24-16/h3-7H,1-2H3,(H,19,20,21). The van der Waals surface area contributed by atoms with Gasteiger partial charge in [0.25, 0.3) is 5.91 Å². The zero-order valence-electron chi connectivity index (χ0n) is 12.7. The lowest BCUT2D eigenvalue weighted by atomic mass is 10.2. The third-order valence-corrected chi connectivity index (χ3v) is 4.20. The molecular formula is C16H12F2N2O3S. The third-order valence-electron chi connectivity index (χ3n) is 3.26. The van der Waals surface area contributed by atoms with E-state index in [0.717, 1.165) is 23.5 Å². The summed E-state index contributed by atoms with van der Waals surface area (Å²) in [5, 5.41) is 2.84. The van der Waals surface area contributed by atoms with E-state index in [2.05, 4.69) is 10.3 Å². The minimum atomic E-state index is -0.983. The average molecular weight is 350 g/mol. The van der Waals surface area contributed by atoms with Crippen molar-refractivity contribution in [2.45, 2.75) is 0 Å². The molecule has 1 heterocycles. The second-order valence-electron chi connectivity index (χ2n) is 4.81. The smallest absolute Gasteiger partial charge is 0.257 e. The van der Waals surface area contributed by atoms with E-state index in [1.54, 1.807) is 18.2 Å². The summed E-state index contributed by atoms with van der Waals surface area (Å²) in [7, 11) is 2.96. The van der Waals surface area contributed by atoms with Crippen LogP contribution in [0.2, 0.25) is 0 Å². The summed E-state index contributed by atoms with van der Waals surface area (Å²) in [4.78, 5) is 16.4. The van der Waals surface area contributed by atoms with Gasteiger partial charge in [-0.2, -0.15) is 0 Å². The van der Waals surface area contributed by atoms with Gasteiger partial charge in [-0.3, -0.25) is 10.1 Å². The number of aromatic nitrogens is 1. The van der Waals surface area contributed by atoms with Crippen molar-refractivity contribution in [3.05, 3.63) is 47.5 Å². The molecule has 8 heteroatoms. The Balaban J connectivity index is 1.89. The number of hydrogen-bond donors (Lipinski definition) is 1. The summed E-state index contributed by atoms with van der Waals surface area (Å²) < 4.78 is 37.1. The van der Waals surface area contributed by atoms with Gasteiger partial charge < -0.3 is 9.47 Å². The molecule has 0 spiro atoms. The molecule has 0 aliphatic rings. The summed E-state index contributed by atoms with van der Waals surface area (Å²) in [6.07, 6.45) is 0. The molecule has 3 rings (SSSR count). The number of nitrogens with one attached hydrogen (secondary N) is 1. The number of nitrogens with zero attached hydrogens (tertiary/aromatic N) is 1. The number of rotatable bonds is 4. The van der Waals surface area contributed by atoms with E-state index in [9.17, 15) is 13.6 Å². The molecule has 5 nitrogen and oxygen atoms in total. The van der Waals surface area contributed by atoms with Crippen molar-refractivity contribution < 1.29 is 23.0 Å². The van der Waals surface area contributed by atoms with Gasteiger partial charge in [0.15, 0.2) is 16.8 Å². The van der Waals surface area contributed by atoms with E-state index >= 15 is 0 Å². The first-order valence-electron chi connectivity index (χ1n) is 6.80. The highest BCUT2D eigenvalue weighted by Crippen LogP contribution is 2.29. The number of benzene rings is 2. The number of anilines is 1. The van der Waals surface area contributed by atoms with Gasteiger partial charge in [0.2, 0.25) is 0 Å². The first-order chi connectivity index (χ1) is 11.5.